The summed E-state index contributed by atoms with van der Waals surface area (Å²) >= 11 is 0. The first-order valence-corrected chi connectivity index (χ1v) is 4.15. The van der Waals surface area contributed by atoms with E-state index in [4.69, 9.17) is 5.11 Å². The van der Waals surface area contributed by atoms with Gasteiger partial charge in [-0.05, 0) is 17.7 Å². The van der Waals surface area contributed by atoms with Crippen LogP contribution in [0.3, 0.4) is 0 Å². The quantitative estimate of drug-likeness (QED) is 0.754. The molecular weight excluding hydrogens is 182 g/mol. The molecule has 0 unspecified atom stereocenters. The average Bonchev–Trinajstić information content (AvgIpc) is 2.69. The van der Waals surface area contributed by atoms with Crippen molar-refractivity contribution in [1.82, 2.24) is 14.8 Å². The van der Waals surface area contributed by atoms with Gasteiger partial charge in [0, 0.05) is 18.6 Å². The number of hydrogen-bond acceptors (Lipinski definition) is 2. The van der Waals surface area contributed by atoms with E-state index in [1.54, 1.807) is 35.4 Å². The monoisotopic (exact) mass is 191 g/mol. The SMILES string of the molecule is O=C(O)Cc1c[nH]c(-n2cccn2)c1. The molecule has 0 radical (unpaired) electrons. The van der Waals surface area contributed by atoms with Gasteiger partial charge < -0.3 is 10.1 Å². The van der Waals surface area contributed by atoms with E-state index in [1.165, 1.54) is 0 Å². The lowest BCUT2D eigenvalue weighted by atomic mass is 10.2. The molecule has 0 aliphatic rings. The molecule has 14 heavy (non-hydrogen) atoms. The predicted octanol–water partition coefficient (Wildman–Crippen LogP) is 0.828. The minimum absolute atomic E-state index is 0.0256. The number of hydrogen-bond donors (Lipinski definition) is 2. The molecule has 2 N–H and O–H groups in total. The normalized spacial score (nSPS) is 10.3. The van der Waals surface area contributed by atoms with Crippen LogP contribution in [0, 0.1) is 0 Å². The van der Waals surface area contributed by atoms with Crippen molar-refractivity contribution in [3.63, 3.8) is 0 Å². The summed E-state index contributed by atoms with van der Waals surface area (Å²) < 4.78 is 1.64. The van der Waals surface area contributed by atoms with Crippen molar-refractivity contribution < 1.29 is 9.90 Å². The van der Waals surface area contributed by atoms with Gasteiger partial charge in [-0.1, -0.05) is 0 Å². The van der Waals surface area contributed by atoms with Crippen molar-refractivity contribution in [3.05, 3.63) is 36.3 Å². The number of carboxylic acids is 1. The lowest BCUT2D eigenvalue weighted by Gasteiger charge is -1.93. The van der Waals surface area contributed by atoms with Crippen molar-refractivity contribution in [2.45, 2.75) is 6.42 Å². The average molecular weight is 191 g/mol. The second-order valence-corrected chi connectivity index (χ2v) is 2.91. The Balaban J connectivity index is 2.22. The zero-order valence-corrected chi connectivity index (χ0v) is 7.34. The fourth-order valence-corrected chi connectivity index (χ4v) is 1.25. The predicted molar refractivity (Wildman–Crippen MR) is 49.3 cm³/mol. The summed E-state index contributed by atoms with van der Waals surface area (Å²) in [5, 5.41) is 12.6. The number of H-pyrrole nitrogens is 1. The van der Waals surface area contributed by atoms with Crippen LogP contribution in [-0.2, 0) is 11.2 Å². The third-order valence-corrected chi connectivity index (χ3v) is 1.83. The van der Waals surface area contributed by atoms with E-state index in [1.807, 2.05) is 0 Å². The molecule has 5 heteroatoms. The zero-order valence-electron chi connectivity index (χ0n) is 7.34. The molecule has 0 amide bonds. The topological polar surface area (TPSA) is 70.9 Å². The van der Waals surface area contributed by atoms with Crippen LogP contribution in [0.15, 0.2) is 30.7 Å². The van der Waals surface area contributed by atoms with Gasteiger partial charge in [-0.15, -0.1) is 0 Å². The smallest absolute Gasteiger partial charge is 0.307 e. The largest absolute Gasteiger partial charge is 0.481 e. The molecule has 0 aliphatic heterocycles. The highest BCUT2D eigenvalue weighted by atomic mass is 16.4. The van der Waals surface area contributed by atoms with Crippen molar-refractivity contribution >= 4 is 5.97 Å². The first-order chi connectivity index (χ1) is 6.75. The van der Waals surface area contributed by atoms with Gasteiger partial charge in [0.1, 0.15) is 5.82 Å². The van der Waals surface area contributed by atoms with Gasteiger partial charge in [-0.3, -0.25) is 4.79 Å². The number of carboxylic acid groups (broad SMARTS) is 1. The second-order valence-electron chi connectivity index (χ2n) is 2.91. The van der Waals surface area contributed by atoms with E-state index in [-0.39, 0.29) is 6.42 Å². The van der Waals surface area contributed by atoms with Gasteiger partial charge in [0.25, 0.3) is 0 Å². The van der Waals surface area contributed by atoms with Crippen LogP contribution in [0.4, 0.5) is 0 Å². The summed E-state index contributed by atoms with van der Waals surface area (Å²) in [4.78, 5) is 13.4. The molecule has 0 aliphatic carbocycles. The van der Waals surface area contributed by atoms with Crippen molar-refractivity contribution in [3.8, 4) is 5.82 Å². The van der Waals surface area contributed by atoms with Crippen LogP contribution < -0.4 is 0 Å². The molecule has 0 saturated heterocycles. The van der Waals surface area contributed by atoms with Crippen molar-refractivity contribution in [1.29, 1.82) is 0 Å². The first-order valence-electron chi connectivity index (χ1n) is 4.15. The summed E-state index contributed by atoms with van der Waals surface area (Å²) in [6, 6.07) is 3.57. The maximum Gasteiger partial charge on any atom is 0.307 e. The third kappa shape index (κ3) is 1.66. The van der Waals surface area contributed by atoms with Crippen molar-refractivity contribution in [2.75, 3.05) is 0 Å². The maximum absolute atomic E-state index is 10.4. The Morgan fingerprint density at radius 3 is 3.14 bits per heavy atom. The van der Waals surface area contributed by atoms with Crippen LogP contribution in [0.2, 0.25) is 0 Å². The van der Waals surface area contributed by atoms with E-state index in [9.17, 15) is 4.79 Å². The standard InChI is InChI=1S/C9H9N3O2/c13-9(14)5-7-4-8(10-6-7)12-3-1-2-11-12/h1-4,6,10H,5H2,(H,13,14). The molecule has 0 spiro atoms. The Morgan fingerprint density at radius 2 is 2.50 bits per heavy atom. The highest BCUT2D eigenvalue weighted by Crippen LogP contribution is 2.08. The molecule has 2 aromatic rings. The van der Waals surface area contributed by atoms with Gasteiger partial charge in [0.2, 0.25) is 0 Å². The lowest BCUT2D eigenvalue weighted by Crippen LogP contribution is -1.98. The highest BCUT2D eigenvalue weighted by molar-refractivity contribution is 5.70. The van der Waals surface area contributed by atoms with E-state index in [0.717, 1.165) is 11.4 Å². The van der Waals surface area contributed by atoms with E-state index >= 15 is 0 Å². The molecule has 2 aromatic heterocycles. The molecule has 2 heterocycles. The van der Waals surface area contributed by atoms with E-state index in [2.05, 4.69) is 10.1 Å². The van der Waals surface area contributed by atoms with Gasteiger partial charge >= 0.3 is 5.97 Å². The van der Waals surface area contributed by atoms with Gasteiger partial charge in [-0.2, -0.15) is 5.10 Å². The first kappa shape index (κ1) is 8.55. The van der Waals surface area contributed by atoms with E-state index in [0.29, 0.717) is 0 Å². The number of nitrogens with one attached hydrogen (secondary N) is 1. The van der Waals surface area contributed by atoms with Crippen LogP contribution >= 0.6 is 0 Å². The van der Waals surface area contributed by atoms with Crippen molar-refractivity contribution in [2.24, 2.45) is 0 Å². The summed E-state index contributed by atoms with van der Waals surface area (Å²) in [5.74, 6) is -0.0673. The molecular formula is C9H9N3O2. The van der Waals surface area contributed by atoms with Gasteiger partial charge in [0.05, 0.1) is 6.42 Å². The second kappa shape index (κ2) is 3.37. The van der Waals surface area contributed by atoms with Gasteiger partial charge in [-0.25, -0.2) is 4.68 Å². The number of rotatable bonds is 3. The lowest BCUT2D eigenvalue weighted by molar-refractivity contribution is -0.136. The summed E-state index contributed by atoms with van der Waals surface area (Å²) in [6.45, 7) is 0. The minimum atomic E-state index is -0.837. The summed E-state index contributed by atoms with van der Waals surface area (Å²) in [7, 11) is 0. The Labute approximate surface area is 80.0 Å². The van der Waals surface area contributed by atoms with Crippen LogP contribution in [0.1, 0.15) is 5.56 Å². The molecule has 0 saturated carbocycles. The van der Waals surface area contributed by atoms with E-state index < -0.39 is 5.97 Å². The molecule has 72 valence electrons. The van der Waals surface area contributed by atoms with Crippen LogP contribution in [-0.4, -0.2) is 25.8 Å². The minimum Gasteiger partial charge on any atom is -0.481 e. The molecule has 0 bridgehead atoms. The van der Waals surface area contributed by atoms with Crippen LogP contribution in [0.25, 0.3) is 5.82 Å². The number of carbonyl (C=O) groups is 1. The Morgan fingerprint density at radius 1 is 1.64 bits per heavy atom. The molecule has 2 rings (SSSR count). The molecule has 5 nitrogen and oxygen atoms in total. The molecule has 0 atom stereocenters. The van der Waals surface area contributed by atoms with Gasteiger partial charge in [0.15, 0.2) is 0 Å². The number of aromatic amines is 1. The van der Waals surface area contributed by atoms with Crippen LogP contribution in [0.5, 0.6) is 0 Å². The Hall–Kier alpha value is -2.04. The summed E-state index contributed by atoms with van der Waals surface area (Å²) in [5.41, 5.74) is 0.739. The Bertz CT molecular complexity index is 431. The fourth-order valence-electron chi connectivity index (χ4n) is 1.25. The number of aliphatic carboxylic acids is 1. The molecule has 0 fully saturated rings. The number of nitrogens with zero attached hydrogens (tertiary/aromatic N) is 2. The molecule has 0 aromatic carbocycles. The third-order valence-electron chi connectivity index (χ3n) is 1.83. The highest BCUT2D eigenvalue weighted by Gasteiger charge is 2.04. The summed E-state index contributed by atoms with van der Waals surface area (Å²) in [6.07, 6.45) is 5.15. The Kier molecular flexibility index (Phi) is 2.06. The number of aromatic nitrogens is 3. The maximum atomic E-state index is 10.4. The fraction of sp³-hybridized carbons (Fsp3) is 0.111. The zero-order chi connectivity index (χ0) is 9.97.